The molecule has 0 fully saturated rings. The average Bonchev–Trinajstić information content (AvgIpc) is 2.47. The van der Waals surface area contributed by atoms with Crippen LogP contribution in [-0.4, -0.2) is 13.0 Å². The maximum atomic E-state index is 12.1. The number of anilines is 1. The van der Waals surface area contributed by atoms with Crippen LogP contribution < -0.4 is 15.6 Å². The lowest BCUT2D eigenvalue weighted by atomic mass is 10.2. The van der Waals surface area contributed by atoms with Crippen molar-refractivity contribution in [2.75, 3.05) is 12.0 Å². The highest BCUT2D eigenvalue weighted by Crippen LogP contribution is 2.14. The highest BCUT2D eigenvalue weighted by Gasteiger charge is 2.03. The van der Waals surface area contributed by atoms with E-state index >= 15 is 0 Å². The number of ether oxygens (including phenoxy) is 1. The zero-order valence-corrected chi connectivity index (χ0v) is 10.9. The number of rotatable bonds is 7. The second kappa shape index (κ2) is 7.45. The van der Waals surface area contributed by atoms with E-state index in [1.165, 1.54) is 0 Å². The first kappa shape index (κ1) is 14.3. The SMILES string of the molecule is FC(F)COc1cccc(CNNc2ccccc2)c1. The first-order chi connectivity index (χ1) is 9.74. The number of hydrogen-bond donors (Lipinski definition) is 2. The van der Waals surface area contributed by atoms with Crippen LogP contribution in [0.25, 0.3) is 0 Å². The van der Waals surface area contributed by atoms with Gasteiger partial charge in [-0.1, -0.05) is 30.3 Å². The van der Waals surface area contributed by atoms with Crippen molar-refractivity contribution in [3.8, 4) is 5.75 Å². The molecule has 0 atom stereocenters. The number of para-hydroxylation sites is 1. The number of hydrazine groups is 1. The molecular weight excluding hydrogens is 262 g/mol. The van der Waals surface area contributed by atoms with Gasteiger partial charge >= 0.3 is 0 Å². The van der Waals surface area contributed by atoms with Gasteiger partial charge in [0.15, 0.2) is 0 Å². The second-order valence-electron chi connectivity index (χ2n) is 4.19. The van der Waals surface area contributed by atoms with Crippen molar-refractivity contribution >= 4 is 5.69 Å². The summed E-state index contributed by atoms with van der Waals surface area (Å²) in [5, 5.41) is 0. The minimum atomic E-state index is -2.46. The number of benzene rings is 2. The molecule has 2 aromatic carbocycles. The van der Waals surface area contributed by atoms with Crippen molar-refractivity contribution in [1.82, 2.24) is 5.43 Å². The Labute approximate surface area is 116 Å². The summed E-state index contributed by atoms with van der Waals surface area (Å²) in [6, 6.07) is 16.8. The Hall–Kier alpha value is -2.14. The number of halogens is 2. The Kier molecular flexibility index (Phi) is 5.32. The van der Waals surface area contributed by atoms with Crippen LogP contribution in [0, 0.1) is 0 Å². The lowest BCUT2D eigenvalue weighted by molar-refractivity contribution is 0.0818. The van der Waals surface area contributed by atoms with Gasteiger partial charge in [0, 0.05) is 12.2 Å². The van der Waals surface area contributed by atoms with Gasteiger partial charge in [0.2, 0.25) is 0 Å². The number of alkyl halides is 2. The van der Waals surface area contributed by atoms with E-state index in [1.54, 1.807) is 18.2 Å². The predicted molar refractivity (Wildman–Crippen MR) is 74.8 cm³/mol. The first-order valence-electron chi connectivity index (χ1n) is 6.28. The molecule has 2 N–H and O–H groups in total. The van der Waals surface area contributed by atoms with Crippen LogP contribution in [0.3, 0.4) is 0 Å². The summed E-state index contributed by atoms with van der Waals surface area (Å²) in [6.07, 6.45) is -2.46. The summed E-state index contributed by atoms with van der Waals surface area (Å²) in [5.41, 5.74) is 8.01. The van der Waals surface area contributed by atoms with E-state index in [4.69, 9.17) is 4.74 Å². The van der Waals surface area contributed by atoms with Gasteiger partial charge in [-0.25, -0.2) is 14.2 Å². The molecule has 0 radical (unpaired) electrons. The van der Waals surface area contributed by atoms with Crippen LogP contribution in [0.1, 0.15) is 5.56 Å². The summed E-state index contributed by atoms with van der Waals surface area (Å²) >= 11 is 0. The van der Waals surface area contributed by atoms with E-state index < -0.39 is 13.0 Å². The van der Waals surface area contributed by atoms with E-state index in [1.807, 2.05) is 36.4 Å². The molecule has 0 spiro atoms. The van der Waals surface area contributed by atoms with Crippen molar-refractivity contribution in [3.05, 3.63) is 60.2 Å². The summed E-state index contributed by atoms with van der Waals surface area (Å²) in [6.45, 7) is -0.0279. The van der Waals surface area contributed by atoms with Crippen LogP contribution in [0.15, 0.2) is 54.6 Å². The molecule has 0 amide bonds. The molecule has 0 bridgehead atoms. The quantitative estimate of drug-likeness (QED) is 0.761. The monoisotopic (exact) mass is 278 g/mol. The van der Waals surface area contributed by atoms with E-state index in [0.717, 1.165) is 11.3 Å². The van der Waals surface area contributed by atoms with Gasteiger partial charge in [0.25, 0.3) is 6.43 Å². The molecule has 5 heteroatoms. The summed E-state index contributed by atoms with van der Waals surface area (Å²) < 4.78 is 29.1. The molecular formula is C15H16F2N2O. The zero-order valence-electron chi connectivity index (χ0n) is 10.9. The van der Waals surface area contributed by atoms with Crippen molar-refractivity contribution in [3.63, 3.8) is 0 Å². The summed E-state index contributed by atoms with van der Waals surface area (Å²) in [7, 11) is 0. The molecule has 0 aliphatic rings. The van der Waals surface area contributed by atoms with Crippen molar-refractivity contribution < 1.29 is 13.5 Å². The topological polar surface area (TPSA) is 33.3 Å². The molecule has 20 heavy (non-hydrogen) atoms. The first-order valence-corrected chi connectivity index (χ1v) is 6.28. The van der Waals surface area contributed by atoms with Gasteiger partial charge in [-0.3, -0.25) is 0 Å². The lowest BCUT2D eigenvalue weighted by Gasteiger charge is -2.10. The van der Waals surface area contributed by atoms with Crippen LogP contribution in [0.4, 0.5) is 14.5 Å². The minimum Gasteiger partial charge on any atom is -0.488 e. The molecule has 2 rings (SSSR count). The normalized spacial score (nSPS) is 10.6. The molecule has 106 valence electrons. The zero-order chi connectivity index (χ0) is 14.2. The third-order valence-electron chi connectivity index (χ3n) is 2.57. The highest BCUT2D eigenvalue weighted by atomic mass is 19.3. The van der Waals surface area contributed by atoms with Crippen LogP contribution in [0.5, 0.6) is 5.75 Å². The fourth-order valence-corrected chi connectivity index (χ4v) is 1.67. The fraction of sp³-hybridized carbons (Fsp3) is 0.200. The van der Waals surface area contributed by atoms with E-state index in [-0.39, 0.29) is 0 Å². The molecule has 3 nitrogen and oxygen atoms in total. The van der Waals surface area contributed by atoms with E-state index in [0.29, 0.717) is 12.3 Å². The molecule has 0 saturated heterocycles. The Balaban J connectivity index is 1.82. The molecule has 0 aliphatic heterocycles. The highest BCUT2D eigenvalue weighted by molar-refractivity contribution is 5.41. The van der Waals surface area contributed by atoms with Crippen molar-refractivity contribution in [1.29, 1.82) is 0 Å². The lowest BCUT2D eigenvalue weighted by Crippen LogP contribution is -2.20. The summed E-state index contributed by atoms with van der Waals surface area (Å²) in [4.78, 5) is 0. The molecule has 0 aliphatic carbocycles. The maximum absolute atomic E-state index is 12.1. The Bertz CT molecular complexity index is 520. The van der Waals surface area contributed by atoms with E-state index in [2.05, 4.69) is 10.9 Å². The molecule has 0 unspecified atom stereocenters. The number of nitrogens with one attached hydrogen (secondary N) is 2. The van der Waals surface area contributed by atoms with E-state index in [9.17, 15) is 8.78 Å². The van der Waals surface area contributed by atoms with Gasteiger partial charge in [0.05, 0.1) is 0 Å². The predicted octanol–water partition coefficient (Wildman–Crippen LogP) is 3.45. The third kappa shape index (κ3) is 4.85. The number of hydrogen-bond acceptors (Lipinski definition) is 3. The van der Waals surface area contributed by atoms with Crippen LogP contribution in [0.2, 0.25) is 0 Å². The van der Waals surface area contributed by atoms with Gasteiger partial charge in [-0.2, -0.15) is 0 Å². The van der Waals surface area contributed by atoms with Gasteiger partial charge in [0.1, 0.15) is 12.4 Å². The van der Waals surface area contributed by atoms with Crippen molar-refractivity contribution in [2.45, 2.75) is 13.0 Å². The molecule has 2 aromatic rings. The minimum absolute atomic E-state index is 0.448. The van der Waals surface area contributed by atoms with Gasteiger partial charge in [-0.05, 0) is 29.8 Å². The fourth-order valence-electron chi connectivity index (χ4n) is 1.67. The Morgan fingerprint density at radius 2 is 1.80 bits per heavy atom. The van der Waals surface area contributed by atoms with Crippen molar-refractivity contribution in [2.24, 2.45) is 0 Å². The van der Waals surface area contributed by atoms with Crippen LogP contribution >= 0.6 is 0 Å². The second-order valence-corrected chi connectivity index (χ2v) is 4.19. The third-order valence-corrected chi connectivity index (χ3v) is 2.57. The average molecular weight is 278 g/mol. The smallest absolute Gasteiger partial charge is 0.272 e. The molecule has 0 aromatic heterocycles. The van der Waals surface area contributed by atoms with Gasteiger partial charge in [-0.15, -0.1) is 0 Å². The Morgan fingerprint density at radius 3 is 2.55 bits per heavy atom. The standard InChI is InChI=1S/C15H16F2N2O/c16-15(17)11-20-14-8-4-5-12(9-14)10-18-19-13-6-2-1-3-7-13/h1-9,15,18-19H,10-11H2. The molecule has 0 saturated carbocycles. The molecule has 0 heterocycles. The summed E-state index contributed by atoms with van der Waals surface area (Å²) in [5.74, 6) is 0.448. The largest absolute Gasteiger partial charge is 0.488 e. The van der Waals surface area contributed by atoms with Gasteiger partial charge < -0.3 is 10.2 Å². The Morgan fingerprint density at radius 1 is 1.00 bits per heavy atom. The maximum Gasteiger partial charge on any atom is 0.272 e. The van der Waals surface area contributed by atoms with Crippen LogP contribution in [-0.2, 0) is 6.54 Å².